The van der Waals surface area contributed by atoms with E-state index in [0.717, 1.165) is 12.5 Å². The summed E-state index contributed by atoms with van der Waals surface area (Å²) in [4.78, 5) is 21.4. The zero-order chi connectivity index (χ0) is 15.8. The maximum absolute atomic E-state index is 10.9. The van der Waals surface area contributed by atoms with Gasteiger partial charge in [0.2, 0.25) is 0 Å². The lowest BCUT2D eigenvalue weighted by Gasteiger charge is -2.14. The largest absolute Gasteiger partial charge is 0.493 e. The van der Waals surface area contributed by atoms with E-state index in [-0.39, 0.29) is 5.75 Å². The third-order valence-electron chi connectivity index (χ3n) is 2.51. The van der Waals surface area contributed by atoms with Gasteiger partial charge in [-0.2, -0.15) is 0 Å². The van der Waals surface area contributed by atoms with Gasteiger partial charge < -0.3 is 19.7 Å². The molecule has 0 aliphatic carbocycles. The third kappa shape index (κ3) is 5.56. The molecular weight excluding hydrogens is 276 g/mol. The SMILES string of the molecule is CCCOc1ccc(C=CC(=O)O)c(OC(C)C(=O)O)c1. The molecule has 0 saturated heterocycles. The van der Waals surface area contributed by atoms with Crippen molar-refractivity contribution in [1.29, 1.82) is 0 Å². The molecular formula is C15H18O6. The van der Waals surface area contributed by atoms with Gasteiger partial charge >= 0.3 is 11.9 Å². The van der Waals surface area contributed by atoms with E-state index in [1.165, 1.54) is 13.0 Å². The van der Waals surface area contributed by atoms with Crippen molar-refractivity contribution in [2.75, 3.05) is 6.61 Å². The second-order valence-electron chi connectivity index (χ2n) is 4.32. The van der Waals surface area contributed by atoms with E-state index in [1.807, 2.05) is 6.92 Å². The van der Waals surface area contributed by atoms with Gasteiger partial charge in [-0.05, 0) is 31.6 Å². The molecule has 1 unspecified atom stereocenters. The van der Waals surface area contributed by atoms with Crippen molar-refractivity contribution in [3.05, 3.63) is 29.8 Å². The molecule has 114 valence electrons. The number of carboxylic acid groups (broad SMARTS) is 2. The van der Waals surface area contributed by atoms with E-state index in [0.29, 0.717) is 17.9 Å². The molecule has 0 bridgehead atoms. The molecule has 0 fully saturated rings. The number of aliphatic carboxylic acids is 2. The zero-order valence-corrected chi connectivity index (χ0v) is 11.9. The van der Waals surface area contributed by atoms with E-state index in [1.54, 1.807) is 18.2 Å². The number of ether oxygens (including phenoxy) is 2. The molecule has 1 aromatic carbocycles. The van der Waals surface area contributed by atoms with Crippen LogP contribution in [0.3, 0.4) is 0 Å². The Hall–Kier alpha value is -2.50. The molecule has 1 rings (SSSR count). The zero-order valence-electron chi connectivity index (χ0n) is 11.9. The predicted molar refractivity (Wildman–Crippen MR) is 76.6 cm³/mol. The first-order chi connectivity index (χ1) is 9.93. The fourth-order valence-corrected chi connectivity index (χ4v) is 1.47. The van der Waals surface area contributed by atoms with Crippen LogP contribution < -0.4 is 9.47 Å². The molecule has 2 N–H and O–H groups in total. The minimum absolute atomic E-state index is 0.260. The highest BCUT2D eigenvalue weighted by Gasteiger charge is 2.15. The second-order valence-corrected chi connectivity index (χ2v) is 4.32. The summed E-state index contributed by atoms with van der Waals surface area (Å²) in [7, 11) is 0. The third-order valence-corrected chi connectivity index (χ3v) is 2.51. The fraction of sp³-hybridized carbons (Fsp3) is 0.333. The smallest absolute Gasteiger partial charge is 0.344 e. The van der Waals surface area contributed by atoms with Crippen molar-refractivity contribution in [2.45, 2.75) is 26.4 Å². The van der Waals surface area contributed by atoms with E-state index >= 15 is 0 Å². The van der Waals surface area contributed by atoms with Gasteiger partial charge in [0.25, 0.3) is 0 Å². The molecule has 0 amide bonds. The van der Waals surface area contributed by atoms with Gasteiger partial charge in [-0.25, -0.2) is 9.59 Å². The van der Waals surface area contributed by atoms with Gasteiger partial charge in [0.1, 0.15) is 11.5 Å². The van der Waals surface area contributed by atoms with Crippen LogP contribution in [0.4, 0.5) is 0 Å². The Kier molecular flexibility index (Phi) is 6.26. The normalized spacial score (nSPS) is 12.1. The number of carboxylic acids is 2. The van der Waals surface area contributed by atoms with Gasteiger partial charge in [0, 0.05) is 17.7 Å². The van der Waals surface area contributed by atoms with Gasteiger partial charge in [0.05, 0.1) is 6.61 Å². The highest BCUT2D eigenvalue weighted by atomic mass is 16.5. The van der Waals surface area contributed by atoms with Crippen LogP contribution in [-0.2, 0) is 9.59 Å². The highest BCUT2D eigenvalue weighted by molar-refractivity contribution is 5.86. The Bertz CT molecular complexity index is 535. The summed E-state index contributed by atoms with van der Waals surface area (Å²) in [6, 6.07) is 4.85. The lowest BCUT2D eigenvalue weighted by atomic mass is 10.1. The van der Waals surface area contributed by atoms with Crippen molar-refractivity contribution in [1.82, 2.24) is 0 Å². The topological polar surface area (TPSA) is 93.1 Å². The summed E-state index contributed by atoms with van der Waals surface area (Å²) in [5.41, 5.74) is 0.467. The Labute approximate surface area is 122 Å². The summed E-state index contributed by atoms with van der Waals surface area (Å²) in [6.45, 7) is 3.89. The van der Waals surface area contributed by atoms with Crippen molar-refractivity contribution < 1.29 is 29.3 Å². The Balaban J connectivity index is 3.05. The number of benzene rings is 1. The predicted octanol–water partition coefficient (Wildman–Crippen LogP) is 2.43. The first-order valence-corrected chi connectivity index (χ1v) is 6.51. The van der Waals surface area contributed by atoms with Crippen LogP contribution in [0, 0.1) is 0 Å². The van der Waals surface area contributed by atoms with Gasteiger partial charge in [-0.1, -0.05) is 6.92 Å². The molecule has 0 spiro atoms. The van der Waals surface area contributed by atoms with Crippen LogP contribution in [0.1, 0.15) is 25.8 Å². The van der Waals surface area contributed by atoms with Gasteiger partial charge in [-0.15, -0.1) is 0 Å². The first-order valence-electron chi connectivity index (χ1n) is 6.51. The van der Waals surface area contributed by atoms with Crippen molar-refractivity contribution >= 4 is 18.0 Å². The first kappa shape index (κ1) is 16.6. The summed E-state index contributed by atoms with van der Waals surface area (Å²) in [5, 5.41) is 17.6. The Morgan fingerprint density at radius 3 is 2.62 bits per heavy atom. The number of hydrogen-bond donors (Lipinski definition) is 2. The molecule has 0 aromatic heterocycles. The lowest BCUT2D eigenvalue weighted by Crippen LogP contribution is -2.23. The molecule has 6 heteroatoms. The van der Waals surface area contributed by atoms with E-state index in [2.05, 4.69) is 0 Å². The standard InChI is InChI=1S/C15H18O6/c1-3-8-20-12-6-4-11(5-7-14(16)17)13(9-12)21-10(2)15(18)19/h4-7,9-10H,3,8H2,1-2H3,(H,16,17)(H,18,19). The fourth-order valence-electron chi connectivity index (χ4n) is 1.47. The molecule has 0 aliphatic rings. The van der Waals surface area contributed by atoms with Crippen LogP contribution in [0.2, 0.25) is 0 Å². The van der Waals surface area contributed by atoms with Crippen molar-refractivity contribution in [2.24, 2.45) is 0 Å². The average molecular weight is 294 g/mol. The van der Waals surface area contributed by atoms with Crippen LogP contribution in [0.15, 0.2) is 24.3 Å². The molecule has 0 aliphatic heterocycles. The highest BCUT2D eigenvalue weighted by Crippen LogP contribution is 2.27. The van der Waals surface area contributed by atoms with Crippen LogP contribution in [0.5, 0.6) is 11.5 Å². The molecule has 0 saturated carbocycles. The second kappa shape index (κ2) is 7.94. The Morgan fingerprint density at radius 2 is 2.05 bits per heavy atom. The molecule has 1 aromatic rings. The molecule has 0 radical (unpaired) electrons. The summed E-state index contributed by atoms with van der Waals surface area (Å²) < 4.78 is 10.8. The van der Waals surface area contributed by atoms with Crippen molar-refractivity contribution in [3.8, 4) is 11.5 Å². The maximum Gasteiger partial charge on any atom is 0.344 e. The van der Waals surface area contributed by atoms with E-state index < -0.39 is 18.0 Å². The number of hydrogen-bond acceptors (Lipinski definition) is 4. The molecule has 0 heterocycles. The summed E-state index contributed by atoms with van der Waals surface area (Å²) >= 11 is 0. The lowest BCUT2D eigenvalue weighted by molar-refractivity contribution is -0.144. The minimum Gasteiger partial charge on any atom is -0.493 e. The summed E-state index contributed by atoms with van der Waals surface area (Å²) in [5.74, 6) is -1.41. The molecule has 6 nitrogen and oxygen atoms in total. The van der Waals surface area contributed by atoms with Crippen LogP contribution in [-0.4, -0.2) is 34.9 Å². The van der Waals surface area contributed by atoms with Crippen LogP contribution in [0.25, 0.3) is 6.08 Å². The maximum atomic E-state index is 10.9. The minimum atomic E-state index is -1.11. The molecule has 1 atom stereocenters. The van der Waals surface area contributed by atoms with E-state index in [9.17, 15) is 9.59 Å². The monoisotopic (exact) mass is 294 g/mol. The average Bonchev–Trinajstić information content (AvgIpc) is 2.43. The molecule has 21 heavy (non-hydrogen) atoms. The van der Waals surface area contributed by atoms with Crippen LogP contribution >= 0.6 is 0 Å². The summed E-state index contributed by atoms with van der Waals surface area (Å²) in [6.07, 6.45) is 2.08. The van der Waals surface area contributed by atoms with Gasteiger partial charge in [-0.3, -0.25) is 0 Å². The Morgan fingerprint density at radius 1 is 1.33 bits per heavy atom. The quantitative estimate of drug-likeness (QED) is 0.715. The van der Waals surface area contributed by atoms with E-state index in [4.69, 9.17) is 19.7 Å². The van der Waals surface area contributed by atoms with Gasteiger partial charge in [0.15, 0.2) is 6.10 Å². The number of carbonyl (C=O) groups is 2. The van der Waals surface area contributed by atoms with Crippen molar-refractivity contribution in [3.63, 3.8) is 0 Å². The number of rotatable bonds is 8.